The lowest BCUT2D eigenvalue weighted by Gasteiger charge is -2.46. The average Bonchev–Trinajstić information content (AvgIpc) is 2.80. The van der Waals surface area contributed by atoms with Crippen LogP contribution in [0.2, 0.25) is 0 Å². The predicted molar refractivity (Wildman–Crippen MR) is 140 cm³/mol. The molecule has 7 heteroatoms. The molecule has 2 aromatic carbocycles. The summed E-state index contributed by atoms with van der Waals surface area (Å²) in [6.45, 7) is 16.3. The van der Waals surface area contributed by atoms with Crippen LogP contribution in [0.3, 0.4) is 0 Å². The van der Waals surface area contributed by atoms with E-state index in [0.29, 0.717) is 29.0 Å². The lowest BCUT2D eigenvalue weighted by Crippen LogP contribution is -2.40. The number of aliphatic imine (C=N–C) groups is 1. The van der Waals surface area contributed by atoms with Crippen molar-refractivity contribution in [2.24, 2.45) is 4.99 Å². The molecule has 0 saturated carbocycles. The van der Waals surface area contributed by atoms with E-state index in [2.05, 4.69) is 18.6 Å². The molecule has 0 amide bonds. The zero-order valence-corrected chi connectivity index (χ0v) is 21.5. The van der Waals surface area contributed by atoms with Crippen LogP contribution in [0.25, 0.3) is 0 Å². The van der Waals surface area contributed by atoms with Crippen LogP contribution in [-0.4, -0.2) is 22.9 Å². The highest BCUT2D eigenvalue weighted by Gasteiger charge is 2.21. The third-order valence-electron chi connectivity index (χ3n) is 6.35. The first-order chi connectivity index (χ1) is 16.1. The predicted octanol–water partition coefficient (Wildman–Crippen LogP) is 7.02. The van der Waals surface area contributed by atoms with Crippen molar-refractivity contribution in [2.45, 2.75) is 91.5 Å². The molecular formula is C27H39N3O4-2. The Bertz CT molecular complexity index is 911. The summed E-state index contributed by atoms with van der Waals surface area (Å²) in [4.78, 5) is 9.57. The fourth-order valence-electron chi connectivity index (χ4n) is 3.73. The molecule has 7 nitrogen and oxygen atoms in total. The number of rotatable bonds is 14. The van der Waals surface area contributed by atoms with Gasteiger partial charge in [0, 0.05) is 23.7 Å². The Morgan fingerprint density at radius 3 is 2.18 bits per heavy atom. The van der Waals surface area contributed by atoms with E-state index in [4.69, 9.17) is 9.57 Å². The Balaban J connectivity index is 2.16. The van der Waals surface area contributed by atoms with Gasteiger partial charge in [-0.1, -0.05) is 39.3 Å². The zero-order valence-electron chi connectivity index (χ0n) is 21.5. The SMILES string of the molecule is C=NCc1ccc(OC(C)(C)CCC)cc1ON([O-])c1ccc(CN([O-])C(C)(CC)CC)cc1. The molecule has 0 aliphatic heterocycles. The van der Waals surface area contributed by atoms with Gasteiger partial charge in [0.1, 0.15) is 11.4 Å². The van der Waals surface area contributed by atoms with Crippen LogP contribution >= 0.6 is 0 Å². The van der Waals surface area contributed by atoms with Gasteiger partial charge >= 0.3 is 0 Å². The van der Waals surface area contributed by atoms with E-state index >= 15 is 0 Å². The maximum absolute atomic E-state index is 12.8. The van der Waals surface area contributed by atoms with Gasteiger partial charge in [-0.15, -0.1) is 0 Å². The zero-order chi connectivity index (χ0) is 25.4. The van der Waals surface area contributed by atoms with Gasteiger partial charge in [-0.05, 0) is 76.6 Å². The van der Waals surface area contributed by atoms with Crippen LogP contribution < -0.4 is 14.8 Å². The second-order valence-electron chi connectivity index (χ2n) is 9.52. The third kappa shape index (κ3) is 7.45. The fraction of sp³-hybridized carbons (Fsp3) is 0.519. The van der Waals surface area contributed by atoms with E-state index in [1.807, 2.05) is 46.8 Å². The van der Waals surface area contributed by atoms with Gasteiger partial charge < -0.3 is 25.1 Å². The molecule has 2 aromatic rings. The van der Waals surface area contributed by atoms with Gasteiger partial charge in [0.2, 0.25) is 0 Å². The second-order valence-corrected chi connectivity index (χ2v) is 9.52. The van der Waals surface area contributed by atoms with Crippen molar-refractivity contribution in [1.29, 1.82) is 0 Å². The van der Waals surface area contributed by atoms with Crippen molar-refractivity contribution in [3.05, 3.63) is 64.0 Å². The monoisotopic (exact) mass is 469 g/mol. The third-order valence-corrected chi connectivity index (χ3v) is 6.35. The van der Waals surface area contributed by atoms with Crippen LogP contribution in [0.1, 0.15) is 78.4 Å². The maximum Gasteiger partial charge on any atom is 0.162 e. The highest BCUT2D eigenvalue weighted by atomic mass is 16.9. The lowest BCUT2D eigenvalue weighted by molar-refractivity contribution is 0.0981. The number of ether oxygens (including phenoxy) is 1. The molecule has 0 saturated heterocycles. The summed E-state index contributed by atoms with van der Waals surface area (Å²) in [6.07, 6.45) is 3.44. The summed E-state index contributed by atoms with van der Waals surface area (Å²) in [5.41, 5.74) is 1.16. The van der Waals surface area contributed by atoms with Crippen molar-refractivity contribution in [1.82, 2.24) is 5.06 Å². The molecule has 0 aliphatic carbocycles. The molecule has 188 valence electrons. The Morgan fingerprint density at radius 1 is 0.971 bits per heavy atom. The van der Waals surface area contributed by atoms with Crippen molar-refractivity contribution in [3.63, 3.8) is 0 Å². The molecule has 0 N–H and O–H groups in total. The maximum atomic E-state index is 12.8. The van der Waals surface area contributed by atoms with Crippen molar-refractivity contribution >= 4 is 12.4 Å². The summed E-state index contributed by atoms with van der Waals surface area (Å²) < 4.78 is 6.12. The van der Waals surface area contributed by atoms with E-state index in [1.165, 1.54) is 0 Å². The molecule has 0 spiro atoms. The van der Waals surface area contributed by atoms with Gasteiger partial charge in [-0.2, -0.15) is 0 Å². The summed E-state index contributed by atoms with van der Waals surface area (Å²) in [5.74, 6) is 0.985. The molecule has 34 heavy (non-hydrogen) atoms. The van der Waals surface area contributed by atoms with E-state index in [1.54, 1.807) is 30.3 Å². The number of hydroxylamine groups is 2. The van der Waals surface area contributed by atoms with Gasteiger partial charge in [0.05, 0.1) is 12.2 Å². The van der Waals surface area contributed by atoms with E-state index in [0.717, 1.165) is 41.9 Å². The molecule has 0 aliphatic rings. The summed E-state index contributed by atoms with van der Waals surface area (Å²) in [6, 6.07) is 12.3. The Labute approximate surface area is 204 Å². The van der Waals surface area contributed by atoms with Crippen LogP contribution in [0.5, 0.6) is 11.5 Å². The van der Waals surface area contributed by atoms with E-state index < -0.39 is 5.54 Å². The number of hydrogen-bond acceptors (Lipinski definition) is 7. The summed E-state index contributed by atoms with van der Waals surface area (Å²) in [5, 5.41) is 27.0. The molecule has 0 aromatic heterocycles. The van der Waals surface area contributed by atoms with Gasteiger partial charge in [0.25, 0.3) is 0 Å². The quantitative estimate of drug-likeness (QED) is 0.218. The number of anilines is 1. The highest BCUT2D eigenvalue weighted by molar-refractivity contribution is 5.49. The highest BCUT2D eigenvalue weighted by Crippen LogP contribution is 2.31. The molecular weight excluding hydrogens is 430 g/mol. The minimum atomic E-state index is -0.402. The number of benzene rings is 2. The van der Waals surface area contributed by atoms with Crippen molar-refractivity contribution in [2.75, 3.05) is 5.23 Å². The normalized spacial score (nSPS) is 12.0. The first-order valence-corrected chi connectivity index (χ1v) is 12.0. The van der Waals surface area contributed by atoms with Gasteiger partial charge in [-0.25, -0.2) is 0 Å². The first-order valence-electron chi connectivity index (χ1n) is 12.0. The van der Waals surface area contributed by atoms with Crippen molar-refractivity contribution < 1.29 is 9.57 Å². The lowest BCUT2D eigenvalue weighted by atomic mass is 9.94. The molecule has 0 atom stereocenters. The van der Waals surface area contributed by atoms with Gasteiger partial charge in [-0.3, -0.25) is 10.2 Å². The second kappa shape index (κ2) is 12.2. The van der Waals surface area contributed by atoms with Crippen LogP contribution in [-0.2, 0) is 13.1 Å². The van der Waals surface area contributed by atoms with Gasteiger partial charge in [0.15, 0.2) is 5.75 Å². The first kappa shape index (κ1) is 27.6. The minimum absolute atomic E-state index is 0.264. The Hall–Kier alpha value is -2.61. The standard InChI is InChI=1S/C27H39N3O4/c1-8-17-26(4,5)33-24-16-13-22(19-28-7)25(18-24)34-30(32)23-14-11-21(12-15-23)20-29(31)27(6,9-2)10-3/h11-16,18H,7-10,17,19-20H2,1-6H3/q-2. The average molecular weight is 470 g/mol. The van der Waals surface area contributed by atoms with Crippen LogP contribution in [0.15, 0.2) is 47.5 Å². The fourth-order valence-corrected chi connectivity index (χ4v) is 3.73. The topological polar surface area (TPSA) is 83.4 Å². The number of nitrogens with zero attached hydrogens (tertiary/aromatic N) is 3. The molecule has 2 rings (SSSR count). The largest absolute Gasteiger partial charge is 0.785 e. The Kier molecular flexibility index (Phi) is 9.91. The van der Waals surface area contributed by atoms with E-state index in [9.17, 15) is 10.4 Å². The summed E-state index contributed by atoms with van der Waals surface area (Å²) >= 11 is 0. The van der Waals surface area contributed by atoms with Crippen LogP contribution in [0.4, 0.5) is 5.69 Å². The molecule has 0 fully saturated rings. The molecule has 0 unspecified atom stereocenters. The molecule has 0 radical (unpaired) electrons. The summed E-state index contributed by atoms with van der Waals surface area (Å²) in [7, 11) is 0. The molecule has 0 heterocycles. The Morgan fingerprint density at radius 2 is 1.62 bits per heavy atom. The smallest absolute Gasteiger partial charge is 0.162 e. The minimum Gasteiger partial charge on any atom is -0.785 e. The molecule has 0 bridgehead atoms. The van der Waals surface area contributed by atoms with E-state index in [-0.39, 0.29) is 12.1 Å². The van der Waals surface area contributed by atoms with Crippen LogP contribution in [0, 0.1) is 10.4 Å². The number of hydrogen-bond donors (Lipinski definition) is 0. The van der Waals surface area contributed by atoms with Crippen molar-refractivity contribution in [3.8, 4) is 11.5 Å².